The maximum absolute atomic E-state index is 4.97. The van der Waals surface area contributed by atoms with Crippen molar-refractivity contribution in [2.45, 2.75) is 6.92 Å². The van der Waals surface area contributed by atoms with Gasteiger partial charge in [-0.2, -0.15) is 0 Å². The molecule has 33 heavy (non-hydrogen) atoms. The van der Waals surface area contributed by atoms with E-state index >= 15 is 0 Å². The van der Waals surface area contributed by atoms with Gasteiger partial charge in [0.25, 0.3) is 0 Å². The van der Waals surface area contributed by atoms with E-state index in [2.05, 4.69) is 92.4 Å². The van der Waals surface area contributed by atoms with Crippen molar-refractivity contribution in [3.05, 3.63) is 115 Å². The molecular formula is C31H22N2. The first-order chi connectivity index (χ1) is 16.2. The fourth-order valence-electron chi connectivity index (χ4n) is 4.81. The molecule has 2 nitrogen and oxygen atoms in total. The molecule has 156 valence electrons. The van der Waals surface area contributed by atoms with Crippen LogP contribution in [0.15, 0.2) is 110 Å². The molecule has 0 saturated carbocycles. The second-order valence-electron chi connectivity index (χ2n) is 8.35. The van der Waals surface area contributed by atoms with Crippen LogP contribution in [0.5, 0.6) is 0 Å². The third kappa shape index (κ3) is 3.11. The van der Waals surface area contributed by atoms with Crippen LogP contribution in [0, 0.1) is 0 Å². The Hall–Kier alpha value is -4.30. The molecule has 0 aliphatic carbocycles. The highest BCUT2D eigenvalue weighted by molar-refractivity contribution is 6.26. The molecule has 0 unspecified atom stereocenters. The highest BCUT2D eigenvalue weighted by atomic mass is 14.9. The van der Waals surface area contributed by atoms with Gasteiger partial charge < -0.3 is 0 Å². The van der Waals surface area contributed by atoms with Gasteiger partial charge in [-0.25, -0.2) is 9.97 Å². The number of hydrogen-bond acceptors (Lipinski definition) is 2. The summed E-state index contributed by atoms with van der Waals surface area (Å²) in [5.41, 5.74) is 7.79. The lowest BCUT2D eigenvalue weighted by Crippen LogP contribution is -1.96. The Kier molecular flexibility index (Phi) is 4.51. The van der Waals surface area contributed by atoms with Crippen molar-refractivity contribution in [3.63, 3.8) is 0 Å². The number of aromatic nitrogens is 2. The van der Waals surface area contributed by atoms with Crippen molar-refractivity contribution >= 4 is 38.2 Å². The summed E-state index contributed by atoms with van der Waals surface area (Å²) in [4.78, 5) is 9.94. The Morgan fingerprint density at radius 3 is 1.94 bits per heavy atom. The first-order valence-electron chi connectivity index (χ1n) is 11.1. The van der Waals surface area contributed by atoms with Crippen molar-refractivity contribution in [1.82, 2.24) is 9.97 Å². The minimum atomic E-state index is 0.757. The highest BCUT2D eigenvalue weighted by Crippen LogP contribution is 2.42. The van der Waals surface area contributed by atoms with Gasteiger partial charge in [-0.3, -0.25) is 0 Å². The van der Waals surface area contributed by atoms with Crippen molar-refractivity contribution in [2.24, 2.45) is 0 Å². The minimum Gasteiger partial charge on any atom is -0.228 e. The Labute approximate surface area is 192 Å². The van der Waals surface area contributed by atoms with Gasteiger partial charge in [0.2, 0.25) is 0 Å². The molecule has 6 aromatic rings. The molecule has 0 fully saturated rings. The molecule has 1 heterocycles. The second kappa shape index (κ2) is 7.68. The summed E-state index contributed by atoms with van der Waals surface area (Å²) in [6.45, 7) is 6.06. The summed E-state index contributed by atoms with van der Waals surface area (Å²) in [5.74, 6) is 0.757. The maximum atomic E-state index is 4.97. The number of hydrogen-bond donors (Lipinski definition) is 0. The number of nitrogens with zero attached hydrogens (tertiary/aromatic N) is 2. The molecule has 0 N–H and O–H groups in total. The summed E-state index contributed by atoms with van der Waals surface area (Å²) in [6, 6.07) is 31.8. The molecule has 0 bridgehead atoms. The molecule has 2 heteroatoms. The van der Waals surface area contributed by atoms with E-state index in [0.29, 0.717) is 0 Å². The van der Waals surface area contributed by atoms with Gasteiger partial charge in [-0.15, -0.1) is 0 Å². The summed E-state index contributed by atoms with van der Waals surface area (Å²) in [5, 5.41) is 4.78. The van der Waals surface area contributed by atoms with Crippen LogP contribution in [0.4, 0.5) is 0 Å². The van der Waals surface area contributed by atoms with Crippen LogP contribution in [-0.4, -0.2) is 9.97 Å². The van der Waals surface area contributed by atoms with Crippen LogP contribution < -0.4 is 0 Å². The zero-order valence-corrected chi connectivity index (χ0v) is 18.4. The predicted molar refractivity (Wildman–Crippen MR) is 140 cm³/mol. The molecular weight excluding hydrogens is 400 g/mol. The molecule has 6 rings (SSSR count). The third-order valence-electron chi connectivity index (χ3n) is 6.35. The molecule has 1 aromatic heterocycles. The second-order valence-corrected chi connectivity index (χ2v) is 8.35. The summed E-state index contributed by atoms with van der Waals surface area (Å²) >= 11 is 0. The molecule has 0 atom stereocenters. The van der Waals surface area contributed by atoms with Gasteiger partial charge in [0.05, 0.1) is 11.0 Å². The fourth-order valence-corrected chi connectivity index (χ4v) is 4.81. The van der Waals surface area contributed by atoms with Crippen molar-refractivity contribution in [2.75, 3.05) is 0 Å². The molecule has 0 aliphatic heterocycles. The minimum absolute atomic E-state index is 0.757. The average molecular weight is 423 g/mol. The number of allylic oxidation sites excluding steroid dienone is 3. The van der Waals surface area contributed by atoms with Crippen LogP contribution in [0.25, 0.3) is 60.7 Å². The number of rotatable bonds is 4. The molecule has 5 aromatic carbocycles. The zero-order chi connectivity index (χ0) is 22.4. The summed E-state index contributed by atoms with van der Waals surface area (Å²) in [6.07, 6.45) is 3.93. The highest BCUT2D eigenvalue weighted by Gasteiger charge is 2.18. The van der Waals surface area contributed by atoms with Crippen molar-refractivity contribution in [1.29, 1.82) is 0 Å². The van der Waals surface area contributed by atoms with E-state index in [4.69, 9.17) is 9.97 Å². The normalized spacial score (nSPS) is 12.1. The van der Waals surface area contributed by atoms with Gasteiger partial charge in [0.1, 0.15) is 0 Å². The lowest BCUT2D eigenvalue weighted by Gasteiger charge is -2.18. The summed E-state index contributed by atoms with van der Waals surface area (Å²) in [7, 11) is 0. The van der Waals surface area contributed by atoms with E-state index in [1.165, 1.54) is 38.4 Å². The van der Waals surface area contributed by atoms with Crippen LogP contribution in [0.3, 0.4) is 0 Å². The van der Waals surface area contributed by atoms with E-state index in [1.54, 1.807) is 0 Å². The monoisotopic (exact) mass is 422 g/mol. The van der Waals surface area contributed by atoms with Crippen molar-refractivity contribution < 1.29 is 0 Å². The standard InChI is InChI=1S/C31H22N2/c1-3-10-20(2)25-19-26(21-11-6-4-7-12-21)24-16-18-28-30-27(17-15-23(25)29(24)30)32-31(33-28)22-13-8-5-9-14-22/h3-19H,1H2,2H3. The smallest absolute Gasteiger partial charge is 0.160 e. The largest absolute Gasteiger partial charge is 0.228 e. The average Bonchev–Trinajstić information content (AvgIpc) is 2.87. The predicted octanol–water partition coefficient (Wildman–Crippen LogP) is 8.30. The Morgan fingerprint density at radius 1 is 0.697 bits per heavy atom. The van der Waals surface area contributed by atoms with Gasteiger partial charge >= 0.3 is 0 Å². The van der Waals surface area contributed by atoms with Gasteiger partial charge in [0, 0.05) is 16.3 Å². The first-order valence-corrected chi connectivity index (χ1v) is 11.1. The zero-order valence-electron chi connectivity index (χ0n) is 18.4. The van der Waals surface area contributed by atoms with Crippen LogP contribution >= 0.6 is 0 Å². The molecule has 0 saturated heterocycles. The van der Waals surface area contributed by atoms with Crippen LogP contribution in [0.1, 0.15) is 12.5 Å². The lowest BCUT2D eigenvalue weighted by atomic mass is 9.87. The van der Waals surface area contributed by atoms with Gasteiger partial charge in [0.15, 0.2) is 5.82 Å². The Morgan fingerprint density at radius 2 is 1.30 bits per heavy atom. The van der Waals surface area contributed by atoms with Crippen LogP contribution in [-0.2, 0) is 0 Å². The Balaban J connectivity index is 1.76. The topological polar surface area (TPSA) is 25.8 Å². The molecule has 0 spiro atoms. The summed E-state index contributed by atoms with van der Waals surface area (Å²) < 4.78 is 0. The van der Waals surface area contributed by atoms with E-state index in [1.807, 2.05) is 24.3 Å². The van der Waals surface area contributed by atoms with Crippen LogP contribution in [0.2, 0.25) is 0 Å². The van der Waals surface area contributed by atoms with E-state index in [9.17, 15) is 0 Å². The quantitative estimate of drug-likeness (QED) is 0.211. The molecule has 0 amide bonds. The molecule has 0 radical (unpaired) electrons. The van der Waals surface area contributed by atoms with E-state index in [0.717, 1.165) is 27.8 Å². The van der Waals surface area contributed by atoms with E-state index in [-0.39, 0.29) is 0 Å². The van der Waals surface area contributed by atoms with E-state index < -0.39 is 0 Å². The fraction of sp³-hybridized carbons (Fsp3) is 0.0323. The number of benzene rings is 5. The first kappa shape index (κ1) is 19.4. The third-order valence-corrected chi connectivity index (χ3v) is 6.35. The lowest BCUT2D eigenvalue weighted by molar-refractivity contribution is 1.26. The van der Waals surface area contributed by atoms with Gasteiger partial charge in [-0.05, 0) is 58.2 Å². The van der Waals surface area contributed by atoms with Crippen molar-refractivity contribution in [3.8, 4) is 22.5 Å². The Bertz CT molecular complexity index is 1640. The maximum Gasteiger partial charge on any atom is 0.160 e. The molecule has 0 aliphatic rings. The SMILES string of the molecule is C=CC=C(C)c1cc(-c2ccccc2)c2ccc3nc(-c4ccccc4)nc4ccc1c2c43. The van der Waals surface area contributed by atoms with Gasteiger partial charge in [-0.1, -0.05) is 91.5 Å².